The highest BCUT2D eigenvalue weighted by Crippen LogP contribution is 2.45. The van der Waals surface area contributed by atoms with Gasteiger partial charge in [0.15, 0.2) is 12.2 Å². The van der Waals surface area contributed by atoms with E-state index in [9.17, 15) is 43.2 Å². The Kier molecular flexibility index (Phi) is 75.3. The molecular formula is C88H172O17P2. The van der Waals surface area contributed by atoms with E-state index in [0.29, 0.717) is 25.7 Å². The summed E-state index contributed by atoms with van der Waals surface area (Å²) in [7, 11) is -9.93. The van der Waals surface area contributed by atoms with Crippen molar-refractivity contribution in [2.45, 2.75) is 478 Å². The predicted octanol–water partition coefficient (Wildman–Crippen LogP) is 26.7. The van der Waals surface area contributed by atoms with Gasteiger partial charge in [0.05, 0.1) is 26.4 Å². The molecule has 3 N–H and O–H groups in total. The largest absolute Gasteiger partial charge is 0.472 e. The van der Waals surface area contributed by atoms with Gasteiger partial charge in [-0.2, -0.15) is 0 Å². The highest BCUT2D eigenvalue weighted by atomic mass is 31.2. The number of hydrogen-bond acceptors (Lipinski definition) is 15. The van der Waals surface area contributed by atoms with Crippen LogP contribution in [0.3, 0.4) is 0 Å². The minimum absolute atomic E-state index is 0.106. The van der Waals surface area contributed by atoms with Gasteiger partial charge in [-0.05, 0) is 49.4 Å². The van der Waals surface area contributed by atoms with E-state index in [4.69, 9.17) is 37.0 Å². The van der Waals surface area contributed by atoms with Crippen LogP contribution in [-0.4, -0.2) is 96.7 Å². The van der Waals surface area contributed by atoms with Crippen LogP contribution in [0.2, 0.25) is 0 Å². The second kappa shape index (κ2) is 76.7. The third-order valence-electron chi connectivity index (χ3n) is 21.7. The molecule has 0 aromatic heterocycles. The average molecular weight is 1560 g/mol. The minimum Gasteiger partial charge on any atom is -0.462 e. The van der Waals surface area contributed by atoms with Crippen molar-refractivity contribution in [2.75, 3.05) is 39.6 Å². The lowest BCUT2D eigenvalue weighted by Crippen LogP contribution is -2.30. The molecule has 0 fully saturated rings. The SMILES string of the molecule is CCC(C)CCCCCCCCCCCCCCCCCCCCC(=O)O[C@H](COC(=O)CCCCCCCCCCCCCCCCCCC(C)C)COP(=O)(O)OC[C@@H](O)COP(=O)(O)OC[C@@H](COC(=O)CCCCCCCCCCC(C)CC)OC(=O)CCCCCCCCCCCCC(C)CC. The predicted molar refractivity (Wildman–Crippen MR) is 441 cm³/mol. The molecule has 0 aliphatic heterocycles. The number of phosphoric acid groups is 2. The molecule has 17 nitrogen and oxygen atoms in total. The van der Waals surface area contributed by atoms with Gasteiger partial charge in [0.2, 0.25) is 0 Å². The van der Waals surface area contributed by atoms with E-state index in [1.165, 1.54) is 263 Å². The Bertz CT molecular complexity index is 2080. The van der Waals surface area contributed by atoms with Crippen molar-refractivity contribution in [3.8, 4) is 0 Å². The van der Waals surface area contributed by atoms with E-state index in [1.807, 2.05) is 0 Å². The molecule has 0 radical (unpaired) electrons. The van der Waals surface area contributed by atoms with Crippen molar-refractivity contribution < 1.29 is 80.2 Å². The summed E-state index contributed by atoms with van der Waals surface area (Å²) in [5, 5.41) is 10.7. The number of rotatable bonds is 85. The quantitative estimate of drug-likeness (QED) is 0.0222. The summed E-state index contributed by atoms with van der Waals surface area (Å²) in [6.07, 6.45) is 66.5. The van der Waals surface area contributed by atoms with Crippen LogP contribution in [0.15, 0.2) is 0 Å². The van der Waals surface area contributed by atoms with Crippen LogP contribution in [0.25, 0.3) is 0 Å². The minimum atomic E-state index is -4.97. The van der Waals surface area contributed by atoms with Gasteiger partial charge >= 0.3 is 39.5 Å². The number of aliphatic hydroxyl groups is 1. The Morgan fingerprint density at radius 1 is 0.262 bits per heavy atom. The van der Waals surface area contributed by atoms with E-state index in [0.717, 1.165) is 114 Å². The number of hydrogen-bond donors (Lipinski definition) is 3. The third kappa shape index (κ3) is 77.8. The molecule has 0 amide bonds. The van der Waals surface area contributed by atoms with Gasteiger partial charge in [-0.1, -0.05) is 409 Å². The van der Waals surface area contributed by atoms with Crippen LogP contribution in [0, 0.1) is 23.7 Å². The first-order valence-corrected chi connectivity index (χ1v) is 48.3. The topological polar surface area (TPSA) is 237 Å². The van der Waals surface area contributed by atoms with Gasteiger partial charge in [-0.25, -0.2) is 9.13 Å². The summed E-state index contributed by atoms with van der Waals surface area (Å²) in [6, 6.07) is 0. The number of ether oxygens (including phenoxy) is 4. The molecule has 19 heteroatoms. The third-order valence-corrected chi connectivity index (χ3v) is 23.6. The summed E-state index contributed by atoms with van der Waals surface area (Å²) >= 11 is 0. The summed E-state index contributed by atoms with van der Waals surface area (Å²) in [4.78, 5) is 73.3. The highest BCUT2D eigenvalue weighted by Gasteiger charge is 2.31. The van der Waals surface area contributed by atoms with Crippen LogP contribution in [0.4, 0.5) is 0 Å². The van der Waals surface area contributed by atoms with E-state index in [1.54, 1.807) is 0 Å². The number of unbranched alkanes of at least 4 members (excludes halogenated alkanes) is 48. The lowest BCUT2D eigenvalue weighted by atomic mass is 9.99. The summed E-state index contributed by atoms with van der Waals surface area (Å²) in [6.45, 7) is 14.4. The van der Waals surface area contributed by atoms with Gasteiger partial charge in [-0.3, -0.25) is 37.3 Å². The van der Waals surface area contributed by atoms with Crippen LogP contribution >= 0.6 is 15.6 Å². The smallest absolute Gasteiger partial charge is 0.462 e. The molecule has 0 aromatic rings. The molecule has 0 aliphatic carbocycles. The summed E-state index contributed by atoms with van der Waals surface area (Å²) < 4.78 is 69.0. The van der Waals surface area contributed by atoms with E-state index < -0.39 is 97.5 Å². The van der Waals surface area contributed by atoms with Crippen molar-refractivity contribution in [3.63, 3.8) is 0 Å². The van der Waals surface area contributed by atoms with Gasteiger partial charge in [0, 0.05) is 25.7 Å². The number of esters is 4. The molecular weight excluding hydrogens is 1390 g/mol. The maximum atomic E-state index is 13.2. The van der Waals surface area contributed by atoms with E-state index >= 15 is 0 Å². The Hall–Kier alpha value is -1.94. The van der Waals surface area contributed by atoms with Crippen LogP contribution in [0.1, 0.15) is 460 Å². The lowest BCUT2D eigenvalue weighted by molar-refractivity contribution is -0.161. The second-order valence-electron chi connectivity index (χ2n) is 32.8. The average Bonchev–Trinajstić information content (AvgIpc) is 0.902. The number of phosphoric ester groups is 2. The van der Waals surface area contributed by atoms with Crippen molar-refractivity contribution in [3.05, 3.63) is 0 Å². The first-order valence-electron chi connectivity index (χ1n) is 45.3. The zero-order valence-corrected chi connectivity index (χ0v) is 72.6. The monoisotopic (exact) mass is 1560 g/mol. The zero-order valence-electron chi connectivity index (χ0n) is 70.8. The van der Waals surface area contributed by atoms with E-state index in [-0.39, 0.29) is 25.7 Å². The van der Waals surface area contributed by atoms with Crippen molar-refractivity contribution >= 4 is 39.5 Å². The Labute approximate surface area is 658 Å². The Morgan fingerprint density at radius 2 is 0.449 bits per heavy atom. The fraction of sp³-hybridized carbons (Fsp3) is 0.955. The maximum Gasteiger partial charge on any atom is 0.472 e. The maximum absolute atomic E-state index is 13.2. The molecule has 0 spiro atoms. The van der Waals surface area contributed by atoms with Crippen LogP contribution in [-0.2, 0) is 65.4 Å². The Balaban J connectivity index is 5.25. The molecule has 107 heavy (non-hydrogen) atoms. The fourth-order valence-corrected chi connectivity index (χ4v) is 15.2. The molecule has 0 heterocycles. The molecule has 0 aromatic carbocycles. The first-order chi connectivity index (χ1) is 51.7. The van der Waals surface area contributed by atoms with Gasteiger partial charge in [0.25, 0.3) is 0 Å². The van der Waals surface area contributed by atoms with Crippen LogP contribution < -0.4 is 0 Å². The molecule has 0 bridgehead atoms. The fourth-order valence-electron chi connectivity index (χ4n) is 13.6. The molecule has 0 saturated heterocycles. The van der Waals surface area contributed by atoms with Crippen molar-refractivity contribution in [1.29, 1.82) is 0 Å². The molecule has 5 unspecified atom stereocenters. The normalized spacial score (nSPS) is 14.7. The Morgan fingerprint density at radius 3 is 0.664 bits per heavy atom. The van der Waals surface area contributed by atoms with Gasteiger partial charge < -0.3 is 33.8 Å². The summed E-state index contributed by atoms with van der Waals surface area (Å²) in [5.74, 6) is 1.16. The second-order valence-corrected chi connectivity index (χ2v) is 35.7. The highest BCUT2D eigenvalue weighted by molar-refractivity contribution is 7.47. The molecule has 0 rings (SSSR count). The number of carbonyl (C=O) groups excluding carboxylic acids is 4. The first kappa shape index (κ1) is 105. The number of aliphatic hydroxyl groups excluding tert-OH is 1. The molecule has 636 valence electrons. The van der Waals surface area contributed by atoms with Gasteiger partial charge in [0.1, 0.15) is 19.3 Å². The van der Waals surface area contributed by atoms with Crippen molar-refractivity contribution in [2.24, 2.45) is 23.7 Å². The van der Waals surface area contributed by atoms with Crippen molar-refractivity contribution in [1.82, 2.24) is 0 Å². The van der Waals surface area contributed by atoms with E-state index in [2.05, 4.69) is 55.4 Å². The van der Waals surface area contributed by atoms with Crippen LogP contribution in [0.5, 0.6) is 0 Å². The summed E-state index contributed by atoms with van der Waals surface area (Å²) in [5.41, 5.74) is 0. The molecule has 0 saturated carbocycles. The molecule has 8 atom stereocenters. The zero-order chi connectivity index (χ0) is 78.8. The lowest BCUT2D eigenvalue weighted by Gasteiger charge is -2.21. The molecule has 0 aliphatic rings. The standard InChI is InChI=1S/C88H172O17P2/c1-9-79(6)65-57-49-41-33-27-23-19-14-12-13-15-21-25-29-36-46-54-62-70-87(92)104-83(74-98-85(90)68-60-52-44-35-28-24-20-17-16-18-22-26-32-40-48-56-64-78(4)5)76-102-106(94,95)100-72-82(89)73-101-107(96,97)103-77-84(75-99-86(91)69-61-53-45-39-38-43-51-59-67-81(8)11-3)105-88(93)71-63-55-47-37-31-30-34-42-50-58-66-80(7)10-2/h78-84,89H,9-77H2,1-8H3,(H,94,95)(H,96,97)/t79?,80?,81?,82-,83-,84-/m1/s1. The number of carbonyl (C=O) groups is 4. The van der Waals surface area contributed by atoms with Gasteiger partial charge in [-0.15, -0.1) is 0 Å².